The van der Waals surface area contributed by atoms with Crippen molar-refractivity contribution < 1.29 is 4.74 Å². The van der Waals surface area contributed by atoms with E-state index < -0.39 is 0 Å². The molecule has 0 atom stereocenters. The van der Waals surface area contributed by atoms with E-state index in [9.17, 15) is 0 Å². The van der Waals surface area contributed by atoms with Gasteiger partial charge in [-0.25, -0.2) is 4.98 Å². The van der Waals surface area contributed by atoms with Gasteiger partial charge in [-0.3, -0.25) is 0 Å². The fourth-order valence-electron chi connectivity index (χ4n) is 2.60. The van der Waals surface area contributed by atoms with Crippen LogP contribution in [0.1, 0.15) is 18.9 Å². The van der Waals surface area contributed by atoms with E-state index in [0.717, 1.165) is 35.1 Å². The van der Waals surface area contributed by atoms with Crippen LogP contribution < -0.4 is 4.74 Å². The molecule has 2 aromatic carbocycles. The zero-order valence-corrected chi connectivity index (χ0v) is 15.7. The first-order chi connectivity index (χ1) is 11.3. The fourth-order valence-corrected chi connectivity index (χ4v) is 3.46. The molecule has 3 nitrogen and oxygen atoms in total. The average Bonchev–Trinajstić information content (AvgIpc) is 2.90. The van der Waals surface area contributed by atoms with Crippen LogP contribution in [0.15, 0.2) is 53.7 Å². The first-order valence-electron chi connectivity index (χ1n) is 8.05. The molecule has 0 saturated carbocycles. The van der Waals surface area contributed by atoms with Gasteiger partial charge in [-0.1, -0.05) is 43.0 Å². The minimum Gasteiger partial charge on any atom is -0.493 e. The Morgan fingerprint density at radius 1 is 1.12 bits per heavy atom. The number of thioether (sulfide) groups is 1. The van der Waals surface area contributed by atoms with Gasteiger partial charge in [-0.2, -0.15) is 0 Å². The van der Waals surface area contributed by atoms with E-state index in [-0.39, 0.29) is 12.4 Å². The zero-order chi connectivity index (χ0) is 16.1. The van der Waals surface area contributed by atoms with E-state index in [4.69, 9.17) is 9.72 Å². The summed E-state index contributed by atoms with van der Waals surface area (Å²) in [4.78, 5) is 4.76. The lowest BCUT2D eigenvalue weighted by molar-refractivity contribution is 0.343. The molecule has 128 valence electrons. The fraction of sp³-hybridized carbons (Fsp3) is 0.316. The Hall–Kier alpha value is -1.65. The Morgan fingerprint density at radius 3 is 2.75 bits per heavy atom. The number of fused-ring (bicyclic) bond motifs is 1. The van der Waals surface area contributed by atoms with Gasteiger partial charge in [-0.15, -0.1) is 12.4 Å². The molecule has 0 fully saturated rings. The first kappa shape index (κ1) is 18.7. The molecular formula is C19H23ClN2OS. The van der Waals surface area contributed by atoms with Crippen molar-refractivity contribution in [2.24, 2.45) is 0 Å². The van der Waals surface area contributed by atoms with Gasteiger partial charge < -0.3 is 9.30 Å². The molecule has 0 saturated heterocycles. The van der Waals surface area contributed by atoms with Crippen molar-refractivity contribution in [2.75, 3.05) is 12.4 Å². The lowest BCUT2D eigenvalue weighted by Crippen LogP contribution is -2.03. The predicted molar refractivity (Wildman–Crippen MR) is 105 cm³/mol. The number of hydrogen-bond acceptors (Lipinski definition) is 3. The molecule has 24 heavy (non-hydrogen) atoms. The molecule has 1 aromatic heterocycles. The van der Waals surface area contributed by atoms with Crippen molar-refractivity contribution in [3.05, 3.63) is 54.1 Å². The normalized spacial score (nSPS) is 10.6. The number of aryl methyl sites for hydroxylation is 2. The van der Waals surface area contributed by atoms with Crippen LogP contribution in [0.3, 0.4) is 0 Å². The smallest absolute Gasteiger partial charge is 0.169 e. The quantitative estimate of drug-likeness (QED) is 0.419. The number of nitrogens with zero attached hydrogens (tertiary/aromatic N) is 2. The molecule has 0 aliphatic carbocycles. The lowest BCUT2D eigenvalue weighted by atomic mass is 10.2. The highest BCUT2D eigenvalue weighted by Crippen LogP contribution is 2.24. The maximum absolute atomic E-state index is 5.82. The zero-order valence-electron chi connectivity index (χ0n) is 14.1. The minimum absolute atomic E-state index is 0. The Balaban J connectivity index is 0.00000208. The number of aromatic nitrogens is 2. The second-order valence-corrected chi connectivity index (χ2v) is 6.61. The SMILES string of the molecule is CCCn1c(SCCOc2cccc(C)c2)nc2ccccc21.Cl. The van der Waals surface area contributed by atoms with E-state index in [1.165, 1.54) is 11.1 Å². The Morgan fingerprint density at radius 2 is 1.96 bits per heavy atom. The topological polar surface area (TPSA) is 27.1 Å². The monoisotopic (exact) mass is 362 g/mol. The molecule has 5 heteroatoms. The molecule has 0 spiro atoms. The summed E-state index contributed by atoms with van der Waals surface area (Å²) in [6.07, 6.45) is 1.10. The van der Waals surface area contributed by atoms with E-state index in [1.54, 1.807) is 11.8 Å². The van der Waals surface area contributed by atoms with Gasteiger partial charge in [0.25, 0.3) is 0 Å². The van der Waals surface area contributed by atoms with Crippen LogP contribution in [0.4, 0.5) is 0 Å². The van der Waals surface area contributed by atoms with Crippen LogP contribution in [0.5, 0.6) is 5.75 Å². The number of para-hydroxylation sites is 2. The minimum atomic E-state index is 0. The van der Waals surface area contributed by atoms with E-state index in [1.807, 2.05) is 18.2 Å². The van der Waals surface area contributed by atoms with Crippen LogP contribution in [-0.2, 0) is 6.54 Å². The van der Waals surface area contributed by atoms with Crippen molar-refractivity contribution in [2.45, 2.75) is 32.0 Å². The van der Waals surface area contributed by atoms with Crippen LogP contribution in [0.2, 0.25) is 0 Å². The highest BCUT2D eigenvalue weighted by Gasteiger charge is 2.10. The maximum Gasteiger partial charge on any atom is 0.169 e. The maximum atomic E-state index is 5.82. The first-order valence-corrected chi connectivity index (χ1v) is 9.04. The molecule has 3 rings (SSSR count). The highest BCUT2D eigenvalue weighted by molar-refractivity contribution is 7.99. The summed E-state index contributed by atoms with van der Waals surface area (Å²) >= 11 is 1.76. The summed E-state index contributed by atoms with van der Waals surface area (Å²) in [5.74, 6) is 1.83. The van der Waals surface area contributed by atoms with Gasteiger partial charge in [0, 0.05) is 12.3 Å². The highest BCUT2D eigenvalue weighted by atomic mass is 35.5. The molecule has 0 amide bonds. The number of ether oxygens (including phenoxy) is 1. The van der Waals surface area contributed by atoms with E-state index in [0.29, 0.717) is 6.61 Å². The Labute approximate surface area is 153 Å². The summed E-state index contributed by atoms with van der Waals surface area (Å²) < 4.78 is 8.14. The second kappa shape index (κ2) is 9.00. The summed E-state index contributed by atoms with van der Waals surface area (Å²) in [6, 6.07) is 16.5. The molecular weight excluding hydrogens is 340 g/mol. The number of halogens is 1. The van der Waals surface area contributed by atoms with E-state index in [2.05, 4.69) is 48.7 Å². The summed E-state index contributed by atoms with van der Waals surface area (Å²) in [5, 5.41) is 1.08. The number of hydrogen-bond donors (Lipinski definition) is 0. The van der Waals surface area contributed by atoms with Crippen molar-refractivity contribution >= 4 is 35.2 Å². The number of imidazole rings is 1. The van der Waals surface area contributed by atoms with E-state index >= 15 is 0 Å². The molecule has 0 radical (unpaired) electrons. The van der Waals surface area contributed by atoms with Crippen molar-refractivity contribution in [3.8, 4) is 5.75 Å². The van der Waals surface area contributed by atoms with Crippen LogP contribution in [0.25, 0.3) is 11.0 Å². The Kier molecular flexibility index (Phi) is 7.00. The van der Waals surface area contributed by atoms with Gasteiger partial charge in [0.2, 0.25) is 0 Å². The molecule has 0 aliphatic rings. The largest absolute Gasteiger partial charge is 0.493 e. The van der Waals surface area contributed by atoms with Gasteiger partial charge >= 0.3 is 0 Å². The van der Waals surface area contributed by atoms with Crippen molar-refractivity contribution in [1.29, 1.82) is 0 Å². The summed E-state index contributed by atoms with van der Waals surface area (Å²) in [7, 11) is 0. The van der Waals surface area contributed by atoms with Crippen LogP contribution in [-0.4, -0.2) is 21.9 Å². The molecule has 0 bridgehead atoms. The van der Waals surface area contributed by atoms with Crippen molar-refractivity contribution in [3.63, 3.8) is 0 Å². The third-order valence-corrected chi connectivity index (χ3v) is 4.58. The molecule has 3 aromatic rings. The lowest BCUT2D eigenvalue weighted by Gasteiger charge is -2.08. The standard InChI is InChI=1S/C19H22N2OS.ClH/c1-3-11-21-18-10-5-4-9-17(18)20-19(21)23-13-12-22-16-8-6-7-15(2)14-16;/h4-10,14H,3,11-13H2,1-2H3;1H. The van der Waals surface area contributed by atoms with Gasteiger partial charge in [-0.05, 0) is 43.2 Å². The second-order valence-electron chi connectivity index (χ2n) is 5.55. The summed E-state index contributed by atoms with van der Waals surface area (Å²) in [5.41, 5.74) is 3.51. The van der Waals surface area contributed by atoms with Gasteiger partial charge in [0.05, 0.1) is 17.6 Å². The summed E-state index contributed by atoms with van der Waals surface area (Å²) in [6.45, 7) is 5.96. The average molecular weight is 363 g/mol. The predicted octanol–water partition coefficient (Wildman–Crippen LogP) is 5.35. The van der Waals surface area contributed by atoms with Crippen LogP contribution >= 0.6 is 24.2 Å². The van der Waals surface area contributed by atoms with Crippen LogP contribution in [0, 0.1) is 6.92 Å². The van der Waals surface area contributed by atoms with Gasteiger partial charge in [0.1, 0.15) is 5.75 Å². The molecule has 1 heterocycles. The molecule has 0 aliphatic heterocycles. The Bertz CT molecular complexity index is 788. The number of rotatable bonds is 7. The van der Waals surface area contributed by atoms with Crippen molar-refractivity contribution in [1.82, 2.24) is 9.55 Å². The third-order valence-electron chi connectivity index (χ3n) is 3.64. The molecule has 0 unspecified atom stereocenters. The third kappa shape index (κ3) is 4.46. The number of benzene rings is 2. The molecule has 0 N–H and O–H groups in total. The van der Waals surface area contributed by atoms with Gasteiger partial charge in [0.15, 0.2) is 5.16 Å².